The molecule has 2 aromatic carbocycles. The van der Waals surface area contributed by atoms with Gasteiger partial charge in [-0.05, 0) is 99.7 Å². The standard InChI is InChI=1S/C39H48N6O4S.H2/c1-25-12-9-13-26(2)35(25)32-21-34-42-37(41-32)43-50(47,48)31-16-10-14-27(20-31)36(46)45(30(24-49-34)22-38(3,4)5)23-29-15-11-17-33(40-29)44(8)39(6,7)28-18-19-28;/h9-17,20-21,28,30H,18-19,22-24H2,1-8H3,(H,41,42,43);1H/t30-;/m1./s1. The Kier molecular flexibility index (Phi) is 9.41. The van der Waals surface area contributed by atoms with Gasteiger partial charge in [0.2, 0.25) is 11.8 Å². The molecular weight excluding hydrogens is 649 g/mol. The van der Waals surface area contributed by atoms with Crippen molar-refractivity contribution in [3.63, 3.8) is 0 Å². The number of nitrogens with one attached hydrogen (secondary N) is 1. The molecule has 1 fully saturated rings. The van der Waals surface area contributed by atoms with Crippen LogP contribution < -0.4 is 14.4 Å². The number of rotatable bonds is 7. The van der Waals surface area contributed by atoms with E-state index in [-0.39, 0.29) is 53.7 Å². The molecule has 6 rings (SSSR count). The number of nitrogens with zero attached hydrogens (tertiary/aromatic N) is 5. The van der Waals surface area contributed by atoms with Crippen molar-refractivity contribution in [2.45, 2.75) is 90.7 Å². The first kappa shape index (κ1) is 35.3. The Hall–Kier alpha value is -4.51. The summed E-state index contributed by atoms with van der Waals surface area (Å²) >= 11 is 0. The first-order valence-corrected chi connectivity index (χ1v) is 18.7. The second-order valence-electron chi connectivity index (χ2n) is 15.5. The van der Waals surface area contributed by atoms with Gasteiger partial charge in [0.15, 0.2) is 0 Å². The van der Waals surface area contributed by atoms with Crippen LogP contribution in [-0.2, 0) is 16.6 Å². The fourth-order valence-electron chi connectivity index (χ4n) is 6.82. The quantitative estimate of drug-likeness (QED) is 0.209. The minimum absolute atomic E-state index is 0. The summed E-state index contributed by atoms with van der Waals surface area (Å²) in [5.41, 5.74) is 4.11. The Labute approximate surface area is 297 Å². The second kappa shape index (κ2) is 13.3. The van der Waals surface area contributed by atoms with E-state index in [0.717, 1.165) is 28.2 Å². The van der Waals surface area contributed by atoms with Crippen molar-refractivity contribution in [2.75, 3.05) is 23.3 Å². The summed E-state index contributed by atoms with van der Waals surface area (Å²) in [4.78, 5) is 32.7. The van der Waals surface area contributed by atoms with Gasteiger partial charge in [0.1, 0.15) is 12.4 Å². The third-order valence-electron chi connectivity index (χ3n) is 9.94. The van der Waals surface area contributed by atoms with Crippen LogP contribution in [0.2, 0.25) is 0 Å². The molecule has 1 amide bonds. The molecule has 2 aromatic heterocycles. The molecule has 1 atom stereocenters. The summed E-state index contributed by atoms with van der Waals surface area (Å²) in [6.45, 7) is 15.2. The van der Waals surface area contributed by atoms with Crippen molar-refractivity contribution in [3.05, 3.63) is 89.1 Å². The molecular formula is C39H50N6O4S. The molecule has 266 valence electrons. The van der Waals surface area contributed by atoms with Crippen LogP contribution in [0.4, 0.5) is 11.8 Å². The number of anilines is 2. The van der Waals surface area contributed by atoms with Crippen LogP contribution in [0.25, 0.3) is 11.3 Å². The highest BCUT2D eigenvalue weighted by Crippen LogP contribution is 2.43. The molecule has 11 heteroatoms. The highest BCUT2D eigenvalue weighted by Gasteiger charge is 2.41. The molecule has 1 aliphatic heterocycles. The number of carbonyl (C=O) groups excluding carboxylic acids is 1. The van der Waals surface area contributed by atoms with E-state index in [9.17, 15) is 13.2 Å². The minimum Gasteiger partial charge on any atom is -0.475 e. The highest BCUT2D eigenvalue weighted by atomic mass is 32.2. The number of aromatic nitrogens is 3. The van der Waals surface area contributed by atoms with Crippen molar-refractivity contribution < 1.29 is 19.4 Å². The normalized spacial score (nSPS) is 17.9. The molecule has 2 aliphatic rings. The Morgan fingerprint density at radius 3 is 2.30 bits per heavy atom. The van der Waals surface area contributed by atoms with Gasteiger partial charge in [-0.1, -0.05) is 51.1 Å². The molecule has 0 unspecified atom stereocenters. The van der Waals surface area contributed by atoms with E-state index in [2.05, 4.69) is 61.3 Å². The predicted octanol–water partition coefficient (Wildman–Crippen LogP) is 7.67. The lowest BCUT2D eigenvalue weighted by molar-refractivity contribution is 0.0509. The Morgan fingerprint density at radius 1 is 0.940 bits per heavy atom. The van der Waals surface area contributed by atoms with Gasteiger partial charge in [-0.25, -0.2) is 23.1 Å². The Balaban J connectivity index is 0.00000504. The first-order valence-electron chi connectivity index (χ1n) is 17.2. The van der Waals surface area contributed by atoms with Crippen molar-refractivity contribution in [1.82, 2.24) is 19.9 Å². The summed E-state index contributed by atoms with van der Waals surface area (Å²) in [6, 6.07) is 19.3. The van der Waals surface area contributed by atoms with E-state index in [1.165, 1.54) is 25.0 Å². The monoisotopic (exact) mass is 698 g/mol. The third kappa shape index (κ3) is 7.62. The average Bonchev–Trinajstić information content (AvgIpc) is 3.91. The summed E-state index contributed by atoms with van der Waals surface area (Å²) < 4.78 is 36.5. The van der Waals surface area contributed by atoms with E-state index < -0.39 is 16.1 Å². The van der Waals surface area contributed by atoms with E-state index in [0.29, 0.717) is 18.0 Å². The molecule has 4 aromatic rings. The van der Waals surface area contributed by atoms with Crippen LogP contribution in [0.15, 0.2) is 71.6 Å². The number of sulfonamides is 1. The van der Waals surface area contributed by atoms with Crippen molar-refractivity contribution >= 4 is 27.7 Å². The number of fused-ring (bicyclic) bond motifs is 4. The second-order valence-corrected chi connectivity index (χ2v) is 17.1. The molecule has 0 saturated heterocycles. The van der Waals surface area contributed by atoms with Crippen LogP contribution in [0.1, 0.15) is 82.5 Å². The lowest BCUT2D eigenvalue weighted by Gasteiger charge is -2.38. The zero-order chi connectivity index (χ0) is 36.0. The average molecular weight is 699 g/mol. The van der Waals surface area contributed by atoms with Gasteiger partial charge in [-0.3, -0.25) is 4.79 Å². The maximum absolute atomic E-state index is 14.6. The predicted molar refractivity (Wildman–Crippen MR) is 199 cm³/mol. The molecule has 0 spiro atoms. The van der Waals surface area contributed by atoms with E-state index in [1.54, 1.807) is 23.1 Å². The van der Waals surface area contributed by atoms with Crippen molar-refractivity contribution in [3.8, 4) is 17.1 Å². The summed E-state index contributed by atoms with van der Waals surface area (Å²) in [5, 5.41) is 0. The maximum Gasteiger partial charge on any atom is 0.264 e. The number of pyridine rings is 1. The van der Waals surface area contributed by atoms with Gasteiger partial charge in [0.05, 0.1) is 28.9 Å². The van der Waals surface area contributed by atoms with Crippen LogP contribution in [-0.4, -0.2) is 59.4 Å². The van der Waals surface area contributed by atoms with Gasteiger partial charge in [0.25, 0.3) is 15.9 Å². The number of hydrogen-bond acceptors (Lipinski definition) is 8. The molecule has 1 saturated carbocycles. The zero-order valence-electron chi connectivity index (χ0n) is 30.3. The molecule has 3 heterocycles. The largest absolute Gasteiger partial charge is 0.475 e. The van der Waals surface area contributed by atoms with Crippen LogP contribution in [0.3, 0.4) is 0 Å². The zero-order valence-corrected chi connectivity index (χ0v) is 31.1. The van der Waals surface area contributed by atoms with Gasteiger partial charge in [0, 0.05) is 31.2 Å². The van der Waals surface area contributed by atoms with Crippen LogP contribution >= 0.6 is 0 Å². The van der Waals surface area contributed by atoms with E-state index in [1.807, 2.05) is 50.2 Å². The minimum atomic E-state index is -4.17. The third-order valence-corrected chi connectivity index (χ3v) is 11.3. The molecule has 1 N–H and O–H groups in total. The highest BCUT2D eigenvalue weighted by molar-refractivity contribution is 7.92. The Morgan fingerprint density at radius 2 is 1.62 bits per heavy atom. The number of aryl methyl sites for hydroxylation is 2. The van der Waals surface area contributed by atoms with Crippen molar-refractivity contribution in [1.29, 1.82) is 0 Å². The summed E-state index contributed by atoms with van der Waals surface area (Å²) in [5.74, 6) is 1.24. The van der Waals surface area contributed by atoms with E-state index in [4.69, 9.17) is 9.72 Å². The smallest absolute Gasteiger partial charge is 0.264 e. The molecule has 10 nitrogen and oxygen atoms in total. The number of amides is 1. The fourth-order valence-corrected chi connectivity index (χ4v) is 7.81. The first-order chi connectivity index (χ1) is 23.5. The lowest BCUT2D eigenvalue weighted by Crippen LogP contribution is -2.46. The SMILES string of the molecule is Cc1cccc(C)c1-c1cc2nc(n1)NS(=O)(=O)c1cccc(c1)C(=O)N(Cc1cccc(N(C)C(C)(C)C3CC3)n1)[C@H](CC(C)(C)C)CO2.[HH]. The van der Waals surface area contributed by atoms with Gasteiger partial charge in [-0.15, -0.1) is 0 Å². The fraction of sp³-hybridized carbons (Fsp3) is 0.436. The topological polar surface area (TPSA) is 118 Å². The van der Waals surface area contributed by atoms with Crippen LogP contribution in [0.5, 0.6) is 5.88 Å². The summed E-state index contributed by atoms with van der Waals surface area (Å²) in [6.07, 6.45) is 3.01. The molecule has 50 heavy (non-hydrogen) atoms. The summed E-state index contributed by atoms with van der Waals surface area (Å²) in [7, 11) is -2.09. The van der Waals surface area contributed by atoms with Gasteiger partial charge >= 0.3 is 0 Å². The number of hydrogen-bond donors (Lipinski definition) is 1. The maximum atomic E-state index is 14.6. The number of carbonyl (C=O) groups is 1. The van der Waals surface area contributed by atoms with Gasteiger partial charge < -0.3 is 14.5 Å². The van der Waals surface area contributed by atoms with Crippen LogP contribution in [0, 0.1) is 25.2 Å². The molecule has 4 bridgehead atoms. The lowest BCUT2D eigenvalue weighted by atomic mass is 9.87. The molecule has 1 aliphatic carbocycles. The van der Waals surface area contributed by atoms with Gasteiger partial charge in [-0.2, -0.15) is 4.98 Å². The van der Waals surface area contributed by atoms with E-state index >= 15 is 0 Å². The Bertz CT molecular complexity index is 2010. The number of benzene rings is 2. The number of ether oxygens (including phenoxy) is 1. The molecule has 0 radical (unpaired) electrons. The van der Waals surface area contributed by atoms with Crippen molar-refractivity contribution in [2.24, 2.45) is 11.3 Å².